The average molecular weight is 570 g/mol. The number of anilines is 1. The fourth-order valence-corrected chi connectivity index (χ4v) is 5.95. The molecule has 1 saturated heterocycles. The normalized spacial score (nSPS) is 19.6. The van der Waals surface area contributed by atoms with Crippen LogP contribution in [0.25, 0.3) is 11.2 Å². The number of aromatic nitrogens is 4. The Labute approximate surface area is 241 Å². The number of hydrogen-bond acceptors (Lipinski definition) is 9. The molecule has 1 aliphatic heterocycles. The smallest absolute Gasteiger partial charge is 0.280 e. The number of nitrogens with one attached hydrogen (secondary N) is 1. The van der Waals surface area contributed by atoms with Crippen LogP contribution in [0.5, 0.6) is 11.5 Å². The summed E-state index contributed by atoms with van der Waals surface area (Å²) in [7, 11) is 3.19. The van der Waals surface area contributed by atoms with Crippen molar-refractivity contribution in [1.82, 2.24) is 19.5 Å². The number of nitrogens with zero attached hydrogens (tertiary/aromatic N) is 3. The van der Waals surface area contributed by atoms with E-state index in [1.807, 2.05) is 78.9 Å². The summed E-state index contributed by atoms with van der Waals surface area (Å²) in [5, 5.41) is 23.9. The monoisotopic (exact) mass is 569 g/mol. The van der Waals surface area contributed by atoms with Crippen LogP contribution in [0.1, 0.15) is 29.3 Å². The first-order chi connectivity index (χ1) is 20.4. The van der Waals surface area contributed by atoms with Gasteiger partial charge in [-0.15, -0.1) is 0 Å². The van der Waals surface area contributed by atoms with Gasteiger partial charge in [-0.1, -0.05) is 54.6 Å². The number of methoxy groups -OCH3 is 2. The molecule has 216 valence electrons. The number of hydrogen-bond donors (Lipinski definition) is 4. The minimum atomic E-state index is -1.28. The summed E-state index contributed by atoms with van der Waals surface area (Å²) in [5.74, 6) is 1.26. The molecule has 4 atom stereocenters. The highest BCUT2D eigenvalue weighted by Crippen LogP contribution is 2.47. The van der Waals surface area contributed by atoms with Gasteiger partial charge in [-0.2, -0.15) is 4.98 Å². The van der Waals surface area contributed by atoms with E-state index in [1.54, 1.807) is 18.8 Å². The zero-order valence-electron chi connectivity index (χ0n) is 23.0. The van der Waals surface area contributed by atoms with E-state index < -0.39 is 35.5 Å². The summed E-state index contributed by atoms with van der Waals surface area (Å²) in [6.45, 7) is 0. The van der Waals surface area contributed by atoms with Gasteiger partial charge in [0.15, 0.2) is 11.2 Å². The van der Waals surface area contributed by atoms with Crippen LogP contribution in [0.2, 0.25) is 0 Å². The minimum absolute atomic E-state index is 0.0634. The van der Waals surface area contributed by atoms with Crippen molar-refractivity contribution in [3.05, 3.63) is 112 Å². The molecule has 1 aliphatic rings. The van der Waals surface area contributed by atoms with Crippen LogP contribution in [0.3, 0.4) is 0 Å². The Hall–Kier alpha value is -4.71. The molecule has 1 fully saturated rings. The van der Waals surface area contributed by atoms with Crippen LogP contribution in [0, 0.1) is 0 Å². The fraction of sp³-hybridized carbons (Fsp3) is 0.258. The Balaban J connectivity index is 1.50. The predicted molar refractivity (Wildman–Crippen MR) is 155 cm³/mol. The number of nitrogens with two attached hydrogens (primary N) is 1. The Morgan fingerprint density at radius 2 is 1.55 bits per heavy atom. The quantitative estimate of drug-likeness (QED) is 0.206. The zero-order chi connectivity index (χ0) is 29.4. The maximum atomic E-state index is 12.5. The molecule has 0 radical (unpaired) electrons. The van der Waals surface area contributed by atoms with E-state index in [9.17, 15) is 15.0 Å². The van der Waals surface area contributed by atoms with Gasteiger partial charge in [-0.3, -0.25) is 14.3 Å². The molecule has 3 aromatic carbocycles. The molecule has 0 amide bonds. The van der Waals surface area contributed by atoms with Crippen LogP contribution in [0.4, 0.5) is 5.95 Å². The highest BCUT2D eigenvalue weighted by molar-refractivity contribution is 5.70. The van der Waals surface area contributed by atoms with E-state index in [1.165, 1.54) is 6.33 Å². The van der Waals surface area contributed by atoms with Crippen LogP contribution in [-0.2, 0) is 10.2 Å². The van der Waals surface area contributed by atoms with E-state index in [4.69, 9.17) is 19.9 Å². The molecule has 11 heteroatoms. The minimum Gasteiger partial charge on any atom is -0.497 e. The number of H-pyrrole nitrogens is 1. The lowest BCUT2D eigenvalue weighted by atomic mass is 9.64. The average Bonchev–Trinajstić information content (AvgIpc) is 3.62. The van der Waals surface area contributed by atoms with Crippen molar-refractivity contribution < 1.29 is 24.4 Å². The second kappa shape index (κ2) is 10.9. The van der Waals surface area contributed by atoms with E-state index in [0.717, 1.165) is 16.7 Å². The third kappa shape index (κ3) is 4.48. The summed E-state index contributed by atoms with van der Waals surface area (Å²) >= 11 is 0. The van der Waals surface area contributed by atoms with Gasteiger partial charge in [0.05, 0.1) is 32.1 Å². The second-order valence-corrected chi connectivity index (χ2v) is 10.2. The second-order valence-electron chi connectivity index (χ2n) is 10.2. The Morgan fingerprint density at radius 3 is 2.12 bits per heavy atom. The van der Waals surface area contributed by atoms with Gasteiger partial charge < -0.3 is 30.2 Å². The Kier molecular flexibility index (Phi) is 7.15. The highest BCUT2D eigenvalue weighted by atomic mass is 16.5. The maximum absolute atomic E-state index is 12.5. The Morgan fingerprint density at radius 1 is 0.976 bits per heavy atom. The molecule has 3 heterocycles. The van der Waals surface area contributed by atoms with Crippen LogP contribution >= 0.6 is 0 Å². The maximum Gasteiger partial charge on any atom is 0.280 e. The first-order valence-corrected chi connectivity index (χ1v) is 13.4. The molecule has 0 aliphatic carbocycles. The number of benzene rings is 3. The standard InChI is InChI=1S/C31H31N5O6/c1-40-21-12-8-19(9-13-21)31(18-6-4-3-5-7-18,20-10-14-22(41-2)15-11-20)27(38)26-23(37)16-24(42-26)36-17-33-25-28(36)34-30(32)35-29(25)39/h3-15,17,23-24,26-27,37-38H,16H2,1-2H3,(H3,32,34,35,39)/t23-,24+,26-,27?/m0/s1. The molecule has 0 saturated carbocycles. The third-order valence-corrected chi connectivity index (χ3v) is 7.97. The lowest BCUT2D eigenvalue weighted by Crippen LogP contribution is -2.51. The number of imidazole rings is 1. The van der Waals surface area contributed by atoms with E-state index in [0.29, 0.717) is 11.5 Å². The number of aliphatic hydroxyl groups excluding tert-OH is 2. The van der Waals surface area contributed by atoms with Crippen molar-refractivity contribution in [3.8, 4) is 11.5 Å². The van der Waals surface area contributed by atoms with E-state index in [2.05, 4.69) is 15.0 Å². The molecule has 5 N–H and O–H groups in total. The lowest BCUT2D eigenvalue weighted by molar-refractivity contribution is -0.0960. The van der Waals surface area contributed by atoms with Crippen molar-refractivity contribution >= 4 is 17.1 Å². The zero-order valence-corrected chi connectivity index (χ0v) is 23.0. The van der Waals surface area contributed by atoms with E-state index in [-0.39, 0.29) is 23.5 Å². The van der Waals surface area contributed by atoms with Gasteiger partial charge in [0.2, 0.25) is 5.95 Å². The SMILES string of the molecule is COc1ccc(C(c2ccccc2)(c2ccc(OC)cc2)C(O)[C@H]2O[C@@H](n3cnc4c(=O)[nH]c(N)nc43)C[C@@H]2O)cc1. The summed E-state index contributed by atoms with van der Waals surface area (Å²) < 4.78 is 18.8. The molecule has 0 spiro atoms. The summed E-state index contributed by atoms with van der Waals surface area (Å²) in [5.41, 5.74) is 6.77. The van der Waals surface area contributed by atoms with Crippen molar-refractivity contribution in [2.24, 2.45) is 0 Å². The van der Waals surface area contributed by atoms with Crippen molar-refractivity contribution in [3.63, 3.8) is 0 Å². The van der Waals surface area contributed by atoms with E-state index >= 15 is 0 Å². The van der Waals surface area contributed by atoms with Crippen molar-refractivity contribution in [1.29, 1.82) is 0 Å². The molecular weight excluding hydrogens is 538 g/mol. The molecule has 1 unspecified atom stereocenters. The predicted octanol–water partition coefficient (Wildman–Crippen LogP) is 2.76. The topological polar surface area (TPSA) is 158 Å². The Bertz CT molecular complexity index is 1690. The van der Waals surface area contributed by atoms with Gasteiger partial charge in [0.1, 0.15) is 29.9 Å². The van der Waals surface area contributed by atoms with Gasteiger partial charge in [-0.05, 0) is 41.0 Å². The number of fused-ring (bicyclic) bond motifs is 1. The van der Waals surface area contributed by atoms with Gasteiger partial charge in [0.25, 0.3) is 5.56 Å². The summed E-state index contributed by atoms with van der Waals surface area (Å²) in [6.07, 6.45) is -2.61. The first kappa shape index (κ1) is 27.5. The number of aromatic amines is 1. The van der Waals surface area contributed by atoms with Crippen molar-refractivity contribution in [2.45, 2.75) is 36.4 Å². The largest absolute Gasteiger partial charge is 0.497 e. The number of nitrogen functional groups attached to an aromatic ring is 1. The molecule has 2 aromatic heterocycles. The molecule has 0 bridgehead atoms. The third-order valence-electron chi connectivity index (χ3n) is 7.97. The summed E-state index contributed by atoms with van der Waals surface area (Å²) in [6, 6.07) is 24.6. The van der Waals surface area contributed by atoms with Gasteiger partial charge in [-0.25, -0.2) is 4.98 Å². The van der Waals surface area contributed by atoms with Crippen LogP contribution in [-0.4, -0.2) is 62.3 Å². The van der Waals surface area contributed by atoms with Gasteiger partial charge >= 0.3 is 0 Å². The molecule has 6 rings (SSSR count). The molecule has 11 nitrogen and oxygen atoms in total. The highest BCUT2D eigenvalue weighted by Gasteiger charge is 2.52. The van der Waals surface area contributed by atoms with Crippen LogP contribution in [0.15, 0.2) is 90.0 Å². The molecule has 5 aromatic rings. The summed E-state index contributed by atoms with van der Waals surface area (Å²) in [4.78, 5) is 23.2. The van der Waals surface area contributed by atoms with Gasteiger partial charge in [0, 0.05) is 6.42 Å². The molecule has 42 heavy (non-hydrogen) atoms. The first-order valence-electron chi connectivity index (χ1n) is 13.4. The lowest BCUT2D eigenvalue weighted by Gasteiger charge is -2.43. The van der Waals surface area contributed by atoms with Crippen molar-refractivity contribution in [2.75, 3.05) is 20.0 Å². The van der Waals surface area contributed by atoms with Crippen LogP contribution < -0.4 is 20.8 Å². The fourth-order valence-electron chi connectivity index (χ4n) is 5.95. The molecular formula is C31H31N5O6. The number of rotatable bonds is 8. The number of aliphatic hydroxyl groups is 2. The number of ether oxygens (including phenoxy) is 3.